The van der Waals surface area contributed by atoms with Crippen LogP contribution in [0.3, 0.4) is 0 Å². The van der Waals surface area contributed by atoms with Crippen LogP contribution in [-0.4, -0.2) is 22.2 Å². The van der Waals surface area contributed by atoms with Gasteiger partial charge in [0.2, 0.25) is 0 Å². The largest absolute Gasteiger partial charge is 0.481 e. The van der Waals surface area contributed by atoms with Gasteiger partial charge in [0.25, 0.3) is 0 Å². The Morgan fingerprint density at radius 3 is 0.531 bits per heavy atom. The number of hydrogen-bond donors (Lipinski definition) is 2. The van der Waals surface area contributed by atoms with Gasteiger partial charge in [0.15, 0.2) is 0 Å². The van der Waals surface area contributed by atoms with E-state index in [0.717, 1.165) is 25.7 Å². The number of carboxylic acids is 2. The van der Waals surface area contributed by atoms with Crippen LogP contribution in [0.2, 0.25) is 0 Å². The Labute approximate surface area is 199 Å². The molecule has 0 heterocycles. The van der Waals surface area contributed by atoms with E-state index in [1.165, 1.54) is 128 Å². The summed E-state index contributed by atoms with van der Waals surface area (Å²) >= 11 is 0. The van der Waals surface area contributed by atoms with E-state index in [-0.39, 0.29) is 0 Å². The highest BCUT2D eigenvalue weighted by molar-refractivity contribution is 5.66. The molecule has 0 rings (SSSR count). The molecule has 4 nitrogen and oxygen atoms in total. The minimum Gasteiger partial charge on any atom is -0.481 e. The van der Waals surface area contributed by atoms with Gasteiger partial charge < -0.3 is 10.2 Å². The van der Waals surface area contributed by atoms with Crippen molar-refractivity contribution in [3.8, 4) is 0 Å². The number of carboxylic acid groups (broad SMARTS) is 2. The van der Waals surface area contributed by atoms with Crippen molar-refractivity contribution < 1.29 is 19.8 Å². The first-order valence-corrected chi connectivity index (χ1v) is 14.1. The fourth-order valence-electron chi connectivity index (χ4n) is 4.44. The van der Waals surface area contributed by atoms with Crippen LogP contribution in [-0.2, 0) is 9.59 Å². The zero-order valence-corrected chi connectivity index (χ0v) is 21.1. The van der Waals surface area contributed by atoms with Gasteiger partial charge >= 0.3 is 11.9 Å². The molecule has 0 atom stereocenters. The lowest BCUT2D eigenvalue weighted by Gasteiger charge is -2.04. The Morgan fingerprint density at radius 2 is 0.406 bits per heavy atom. The second kappa shape index (κ2) is 26.2. The fraction of sp³-hybridized carbons (Fsp3) is 0.929. The molecule has 2 N–H and O–H groups in total. The second-order valence-electron chi connectivity index (χ2n) is 9.77. The number of aliphatic carboxylic acids is 2. The van der Waals surface area contributed by atoms with Crippen molar-refractivity contribution in [2.75, 3.05) is 0 Å². The zero-order valence-electron chi connectivity index (χ0n) is 21.1. The summed E-state index contributed by atoms with van der Waals surface area (Å²) in [5, 5.41) is 17.2. The standard InChI is InChI=1S/C28H54O4/c29-27(30)25-23-21-19-17-15-13-11-9-7-5-3-1-2-4-6-8-10-12-14-16-18-20-22-24-26-28(31)32/h1-26H2,(H,29,30)(H,31,32). The number of rotatable bonds is 27. The van der Waals surface area contributed by atoms with Crippen molar-refractivity contribution in [2.45, 2.75) is 167 Å². The number of unbranched alkanes of at least 4 members (excludes halogenated alkanes) is 23. The minimum absolute atomic E-state index is 0.334. The molecule has 0 aliphatic heterocycles. The third-order valence-electron chi connectivity index (χ3n) is 6.53. The highest BCUT2D eigenvalue weighted by Crippen LogP contribution is 2.15. The molecule has 0 aliphatic carbocycles. The summed E-state index contributed by atoms with van der Waals surface area (Å²) in [6, 6.07) is 0. The second-order valence-corrected chi connectivity index (χ2v) is 9.77. The van der Waals surface area contributed by atoms with E-state index in [9.17, 15) is 9.59 Å². The molecule has 0 fully saturated rings. The molecule has 0 radical (unpaired) electrons. The Hall–Kier alpha value is -1.06. The van der Waals surface area contributed by atoms with Crippen molar-refractivity contribution in [2.24, 2.45) is 0 Å². The summed E-state index contributed by atoms with van der Waals surface area (Å²) in [6.07, 6.45) is 31.6. The van der Waals surface area contributed by atoms with Crippen LogP contribution in [0.25, 0.3) is 0 Å². The molecule has 0 aliphatic rings. The molecule has 0 saturated carbocycles. The van der Waals surface area contributed by atoms with Gasteiger partial charge in [0.05, 0.1) is 0 Å². The summed E-state index contributed by atoms with van der Waals surface area (Å²) < 4.78 is 0. The van der Waals surface area contributed by atoms with Gasteiger partial charge in [-0.25, -0.2) is 0 Å². The number of carbonyl (C=O) groups is 2. The van der Waals surface area contributed by atoms with Gasteiger partial charge in [0, 0.05) is 12.8 Å². The Morgan fingerprint density at radius 1 is 0.281 bits per heavy atom. The Kier molecular flexibility index (Phi) is 25.3. The van der Waals surface area contributed by atoms with E-state index in [1.807, 2.05) is 0 Å². The smallest absolute Gasteiger partial charge is 0.303 e. The van der Waals surface area contributed by atoms with Crippen LogP contribution < -0.4 is 0 Å². The minimum atomic E-state index is -0.660. The quantitative estimate of drug-likeness (QED) is 0.121. The van der Waals surface area contributed by atoms with Gasteiger partial charge in [-0.2, -0.15) is 0 Å². The summed E-state index contributed by atoms with van der Waals surface area (Å²) in [6.45, 7) is 0. The maximum atomic E-state index is 10.4. The van der Waals surface area contributed by atoms with Gasteiger partial charge in [0.1, 0.15) is 0 Å². The lowest BCUT2D eigenvalue weighted by molar-refractivity contribution is -0.138. The molecule has 0 unspecified atom stereocenters. The summed E-state index contributed by atoms with van der Waals surface area (Å²) in [5.41, 5.74) is 0. The predicted octanol–water partition coefficient (Wildman–Crippen LogP) is 9.30. The van der Waals surface area contributed by atoms with Crippen molar-refractivity contribution in [1.29, 1.82) is 0 Å². The maximum absolute atomic E-state index is 10.4. The third kappa shape index (κ3) is 28.9. The van der Waals surface area contributed by atoms with Crippen molar-refractivity contribution in [3.05, 3.63) is 0 Å². The molecule has 190 valence electrons. The first-order chi connectivity index (χ1) is 15.6. The van der Waals surface area contributed by atoms with Gasteiger partial charge in [-0.1, -0.05) is 141 Å². The first kappa shape index (κ1) is 30.9. The predicted molar refractivity (Wildman–Crippen MR) is 135 cm³/mol. The molecule has 32 heavy (non-hydrogen) atoms. The highest BCUT2D eigenvalue weighted by Gasteiger charge is 1.98. The topological polar surface area (TPSA) is 74.6 Å². The zero-order chi connectivity index (χ0) is 23.5. The highest BCUT2D eigenvalue weighted by atomic mass is 16.4. The molecule has 0 aromatic carbocycles. The van der Waals surface area contributed by atoms with Crippen LogP contribution in [0, 0.1) is 0 Å². The molecule has 0 saturated heterocycles. The van der Waals surface area contributed by atoms with Crippen molar-refractivity contribution in [1.82, 2.24) is 0 Å². The van der Waals surface area contributed by atoms with E-state index in [1.54, 1.807) is 0 Å². The van der Waals surface area contributed by atoms with E-state index < -0.39 is 11.9 Å². The first-order valence-electron chi connectivity index (χ1n) is 14.1. The van der Waals surface area contributed by atoms with E-state index in [2.05, 4.69) is 0 Å². The summed E-state index contributed by atoms with van der Waals surface area (Å²) in [7, 11) is 0. The molecule has 0 aromatic heterocycles. The fourth-order valence-corrected chi connectivity index (χ4v) is 4.44. The molecule has 0 aromatic rings. The monoisotopic (exact) mass is 454 g/mol. The molecule has 0 amide bonds. The molecule has 0 spiro atoms. The van der Waals surface area contributed by atoms with E-state index in [0.29, 0.717) is 12.8 Å². The summed E-state index contributed by atoms with van der Waals surface area (Å²) in [5.74, 6) is -1.32. The van der Waals surface area contributed by atoms with Crippen LogP contribution in [0.1, 0.15) is 167 Å². The maximum Gasteiger partial charge on any atom is 0.303 e. The average Bonchev–Trinajstić information content (AvgIpc) is 2.75. The van der Waals surface area contributed by atoms with Crippen LogP contribution >= 0.6 is 0 Å². The van der Waals surface area contributed by atoms with E-state index in [4.69, 9.17) is 10.2 Å². The third-order valence-corrected chi connectivity index (χ3v) is 6.53. The van der Waals surface area contributed by atoms with Crippen LogP contribution in [0.4, 0.5) is 0 Å². The average molecular weight is 455 g/mol. The van der Waals surface area contributed by atoms with Crippen molar-refractivity contribution >= 4 is 11.9 Å². The molecular formula is C28H54O4. The van der Waals surface area contributed by atoms with Gasteiger partial charge in [-0.15, -0.1) is 0 Å². The van der Waals surface area contributed by atoms with Crippen LogP contribution in [0.15, 0.2) is 0 Å². The molecule has 0 bridgehead atoms. The lowest BCUT2D eigenvalue weighted by atomic mass is 10.0. The van der Waals surface area contributed by atoms with Gasteiger partial charge in [-0.3, -0.25) is 9.59 Å². The Bertz CT molecular complexity index is 370. The van der Waals surface area contributed by atoms with Crippen molar-refractivity contribution in [3.63, 3.8) is 0 Å². The Balaban J connectivity index is 3.02. The van der Waals surface area contributed by atoms with Gasteiger partial charge in [-0.05, 0) is 12.8 Å². The summed E-state index contributed by atoms with van der Waals surface area (Å²) in [4.78, 5) is 20.9. The molecular weight excluding hydrogens is 400 g/mol. The SMILES string of the molecule is O=C(O)CCCCCCCCCCCCCCCCCCCCCCCCCCC(=O)O. The lowest BCUT2D eigenvalue weighted by Crippen LogP contribution is -1.93. The van der Waals surface area contributed by atoms with E-state index >= 15 is 0 Å². The van der Waals surface area contributed by atoms with Crippen LogP contribution in [0.5, 0.6) is 0 Å². The number of hydrogen-bond acceptors (Lipinski definition) is 2. The normalized spacial score (nSPS) is 11.1. The molecule has 4 heteroatoms.